The molecule has 6 nitrogen and oxygen atoms in total. The van der Waals surface area contributed by atoms with Crippen molar-refractivity contribution >= 4 is 39.1 Å². The van der Waals surface area contributed by atoms with Crippen molar-refractivity contribution in [1.29, 1.82) is 0 Å². The number of ether oxygens (including phenoxy) is 1. The average molecular weight is 369 g/mol. The molecule has 0 unspecified atom stereocenters. The summed E-state index contributed by atoms with van der Waals surface area (Å²) in [6.07, 6.45) is -0.594. The van der Waals surface area contributed by atoms with Gasteiger partial charge in [-0.3, -0.25) is 10.0 Å². The molecule has 0 spiro atoms. The van der Waals surface area contributed by atoms with Crippen molar-refractivity contribution in [3.8, 4) is 0 Å². The van der Waals surface area contributed by atoms with E-state index in [2.05, 4.69) is 10.0 Å². The Morgan fingerprint density at radius 2 is 1.83 bits per heavy atom. The molecule has 0 aromatic heterocycles. The van der Waals surface area contributed by atoms with Gasteiger partial charge in [0.25, 0.3) is 10.0 Å². The van der Waals surface area contributed by atoms with Gasteiger partial charge in [-0.15, -0.1) is 0 Å². The van der Waals surface area contributed by atoms with E-state index in [1.807, 2.05) is 0 Å². The molecule has 0 fully saturated rings. The maximum Gasteiger partial charge on any atom is 0.411 e. The maximum absolute atomic E-state index is 12.4. The second kappa shape index (κ2) is 7.55. The summed E-state index contributed by atoms with van der Waals surface area (Å²) >= 11 is 5.86. The van der Waals surface area contributed by atoms with Crippen LogP contribution in [0.15, 0.2) is 47.4 Å². The standard InChI is InChI=1S/C16H17ClN2O4S/c1-3-23-16(20)18-13-5-7-14(8-6-13)24(21,22)19-15-9-4-12(17)10-11(15)2/h4-10,19H,3H2,1-2H3,(H,18,20). The van der Waals surface area contributed by atoms with Crippen LogP contribution in [0.3, 0.4) is 0 Å². The number of aryl methyl sites for hydroxylation is 1. The molecule has 0 aliphatic carbocycles. The topological polar surface area (TPSA) is 84.5 Å². The number of hydrogen-bond acceptors (Lipinski definition) is 4. The molecule has 0 atom stereocenters. The Morgan fingerprint density at radius 1 is 1.17 bits per heavy atom. The van der Waals surface area contributed by atoms with Crippen molar-refractivity contribution in [2.24, 2.45) is 0 Å². The van der Waals surface area contributed by atoms with E-state index in [0.717, 1.165) is 0 Å². The fraction of sp³-hybridized carbons (Fsp3) is 0.188. The van der Waals surface area contributed by atoms with Gasteiger partial charge in [-0.2, -0.15) is 0 Å². The molecule has 2 N–H and O–H groups in total. The number of carbonyl (C=O) groups excluding carboxylic acids is 1. The van der Waals surface area contributed by atoms with E-state index in [0.29, 0.717) is 22.0 Å². The van der Waals surface area contributed by atoms with E-state index in [1.165, 1.54) is 24.3 Å². The molecule has 128 valence electrons. The highest BCUT2D eigenvalue weighted by Gasteiger charge is 2.15. The van der Waals surface area contributed by atoms with Crippen LogP contribution in [0.5, 0.6) is 0 Å². The molecule has 0 bridgehead atoms. The van der Waals surface area contributed by atoms with Gasteiger partial charge in [-0.1, -0.05) is 11.6 Å². The minimum atomic E-state index is -3.74. The summed E-state index contributed by atoms with van der Waals surface area (Å²) in [5.74, 6) is 0. The minimum absolute atomic E-state index is 0.0752. The lowest BCUT2D eigenvalue weighted by Crippen LogP contribution is -2.15. The lowest BCUT2D eigenvalue weighted by atomic mass is 10.2. The van der Waals surface area contributed by atoms with E-state index in [4.69, 9.17) is 16.3 Å². The number of carbonyl (C=O) groups is 1. The van der Waals surface area contributed by atoms with Gasteiger partial charge in [-0.05, 0) is 61.9 Å². The Morgan fingerprint density at radius 3 is 2.42 bits per heavy atom. The Balaban J connectivity index is 2.16. The SMILES string of the molecule is CCOC(=O)Nc1ccc(S(=O)(=O)Nc2ccc(Cl)cc2C)cc1. The summed E-state index contributed by atoms with van der Waals surface area (Å²) in [7, 11) is -3.74. The molecule has 0 saturated heterocycles. The summed E-state index contributed by atoms with van der Waals surface area (Å²) in [6.45, 7) is 3.71. The molecule has 0 aliphatic heterocycles. The number of halogens is 1. The molecule has 2 aromatic rings. The molecule has 0 heterocycles. The van der Waals surface area contributed by atoms with Gasteiger partial charge in [0.1, 0.15) is 0 Å². The third kappa shape index (κ3) is 4.62. The molecule has 1 amide bonds. The molecule has 24 heavy (non-hydrogen) atoms. The van der Waals surface area contributed by atoms with E-state index >= 15 is 0 Å². The summed E-state index contributed by atoms with van der Waals surface area (Å²) in [5, 5.41) is 3.03. The van der Waals surface area contributed by atoms with Gasteiger partial charge in [0.15, 0.2) is 0 Å². The monoisotopic (exact) mass is 368 g/mol. The normalized spacial score (nSPS) is 11.0. The second-order valence-electron chi connectivity index (χ2n) is 4.93. The van der Waals surface area contributed by atoms with Gasteiger partial charge < -0.3 is 4.74 Å². The van der Waals surface area contributed by atoms with Crippen LogP contribution in [0.1, 0.15) is 12.5 Å². The number of hydrogen-bond donors (Lipinski definition) is 2. The van der Waals surface area contributed by atoms with Gasteiger partial charge in [0.05, 0.1) is 17.2 Å². The Hall–Kier alpha value is -2.25. The van der Waals surface area contributed by atoms with Crippen LogP contribution in [-0.2, 0) is 14.8 Å². The summed E-state index contributed by atoms with van der Waals surface area (Å²) in [5.41, 5.74) is 1.61. The smallest absolute Gasteiger partial charge is 0.411 e. The average Bonchev–Trinajstić information content (AvgIpc) is 2.51. The Kier molecular flexibility index (Phi) is 5.69. The predicted octanol–water partition coefficient (Wildman–Crippen LogP) is 4.02. The predicted molar refractivity (Wildman–Crippen MR) is 94.1 cm³/mol. The van der Waals surface area contributed by atoms with Gasteiger partial charge in [0, 0.05) is 10.7 Å². The third-order valence-corrected chi connectivity index (χ3v) is 4.74. The van der Waals surface area contributed by atoms with Crippen LogP contribution in [0.4, 0.5) is 16.2 Å². The highest BCUT2D eigenvalue weighted by Crippen LogP contribution is 2.23. The number of sulfonamides is 1. The van der Waals surface area contributed by atoms with Crippen LogP contribution in [0.2, 0.25) is 5.02 Å². The largest absolute Gasteiger partial charge is 0.450 e. The lowest BCUT2D eigenvalue weighted by Gasteiger charge is -2.11. The lowest BCUT2D eigenvalue weighted by molar-refractivity contribution is 0.168. The number of benzene rings is 2. The molecular formula is C16H17ClN2O4S. The Labute approximate surface area is 145 Å². The zero-order valence-corrected chi connectivity index (χ0v) is 14.7. The van der Waals surface area contributed by atoms with Crippen LogP contribution in [0.25, 0.3) is 0 Å². The first-order valence-electron chi connectivity index (χ1n) is 7.14. The number of anilines is 2. The summed E-state index contributed by atoms with van der Waals surface area (Å²) < 4.78 is 32.1. The first-order valence-corrected chi connectivity index (χ1v) is 9.01. The molecule has 0 radical (unpaired) electrons. The quantitative estimate of drug-likeness (QED) is 0.834. The molecule has 2 rings (SSSR count). The van der Waals surface area contributed by atoms with Crippen LogP contribution in [-0.4, -0.2) is 21.1 Å². The van der Waals surface area contributed by atoms with Crippen LogP contribution in [0, 0.1) is 6.92 Å². The van der Waals surface area contributed by atoms with Crippen molar-refractivity contribution < 1.29 is 17.9 Å². The summed E-state index contributed by atoms with van der Waals surface area (Å²) in [4.78, 5) is 11.4. The van der Waals surface area contributed by atoms with Crippen molar-refractivity contribution in [3.05, 3.63) is 53.1 Å². The molecule has 8 heteroatoms. The highest BCUT2D eigenvalue weighted by atomic mass is 35.5. The van der Waals surface area contributed by atoms with E-state index in [-0.39, 0.29) is 11.5 Å². The number of amides is 1. The van der Waals surface area contributed by atoms with Crippen LogP contribution < -0.4 is 10.0 Å². The molecular weight excluding hydrogens is 352 g/mol. The number of rotatable bonds is 5. The molecule has 2 aromatic carbocycles. The third-order valence-electron chi connectivity index (χ3n) is 3.12. The van der Waals surface area contributed by atoms with Crippen molar-refractivity contribution in [3.63, 3.8) is 0 Å². The van der Waals surface area contributed by atoms with E-state index < -0.39 is 16.1 Å². The zero-order chi connectivity index (χ0) is 17.7. The highest BCUT2D eigenvalue weighted by molar-refractivity contribution is 7.92. The fourth-order valence-electron chi connectivity index (χ4n) is 1.95. The maximum atomic E-state index is 12.4. The van der Waals surface area contributed by atoms with Gasteiger partial charge in [-0.25, -0.2) is 13.2 Å². The van der Waals surface area contributed by atoms with E-state index in [1.54, 1.807) is 32.0 Å². The second-order valence-corrected chi connectivity index (χ2v) is 7.05. The van der Waals surface area contributed by atoms with Crippen molar-refractivity contribution in [1.82, 2.24) is 0 Å². The molecule has 0 aliphatic rings. The van der Waals surface area contributed by atoms with Crippen molar-refractivity contribution in [2.75, 3.05) is 16.6 Å². The zero-order valence-electron chi connectivity index (χ0n) is 13.2. The Bertz CT molecular complexity index is 836. The first kappa shape index (κ1) is 18.1. The van der Waals surface area contributed by atoms with Gasteiger partial charge in [0.2, 0.25) is 0 Å². The van der Waals surface area contributed by atoms with E-state index in [9.17, 15) is 13.2 Å². The van der Waals surface area contributed by atoms with Gasteiger partial charge >= 0.3 is 6.09 Å². The number of nitrogens with one attached hydrogen (secondary N) is 2. The fourth-order valence-corrected chi connectivity index (χ4v) is 3.31. The minimum Gasteiger partial charge on any atom is -0.450 e. The molecule has 0 saturated carbocycles. The first-order chi connectivity index (χ1) is 11.3. The van der Waals surface area contributed by atoms with Crippen LogP contribution >= 0.6 is 11.6 Å². The van der Waals surface area contributed by atoms with Crippen molar-refractivity contribution in [2.45, 2.75) is 18.7 Å². The summed E-state index contributed by atoms with van der Waals surface area (Å²) in [6, 6.07) is 10.7.